The number of anilines is 3. The van der Waals surface area contributed by atoms with Crippen molar-refractivity contribution in [2.24, 2.45) is 0 Å². The van der Waals surface area contributed by atoms with Gasteiger partial charge in [-0.05, 0) is 30.7 Å². The molecule has 1 N–H and O–H groups in total. The van der Waals surface area contributed by atoms with E-state index < -0.39 is 0 Å². The third-order valence-electron chi connectivity index (χ3n) is 4.75. The Kier molecular flexibility index (Phi) is 4.50. The van der Waals surface area contributed by atoms with Gasteiger partial charge < -0.3 is 19.7 Å². The quantitative estimate of drug-likeness (QED) is 0.903. The van der Waals surface area contributed by atoms with Crippen LogP contribution in [-0.4, -0.2) is 42.1 Å². The molecule has 3 heterocycles. The first-order valence-corrected chi connectivity index (χ1v) is 8.90. The molecule has 1 aromatic carbocycles. The van der Waals surface area contributed by atoms with Crippen LogP contribution in [-0.2, 0) is 9.47 Å². The number of aromatic nitrogens is 2. The van der Waals surface area contributed by atoms with Crippen molar-refractivity contribution in [3.8, 4) is 0 Å². The topological polar surface area (TPSA) is 59.5 Å². The first-order chi connectivity index (χ1) is 12.1. The Bertz CT molecular complexity index is 754. The van der Waals surface area contributed by atoms with E-state index >= 15 is 0 Å². The lowest BCUT2D eigenvalue weighted by Crippen LogP contribution is -2.45. The Morgan fingerprint density at radius 3 is 2.68 bits per heavy atom. The number of nitrogens with one attached hydrogen (secondary N) is 1. The monoisotopic (exact) mass is 360 g/mol. The van der Waals surface area contributed by atoms with E-state index in [1.54, 1.807) is 6.20 Å². The number of halogens is 1. The van der Waals surface area contributed by atoms with Crippen molar-refractivity contribution in [1.82, 2.24) is 9.97 Å². The summed E-state index contributed by atoms with van der Waals surface area (Å²) >= 11 is 6.08. The van der Waals surface area contributed by atoms with Gasteiger partial charge in [0.2, 0.25) is 5.95 Å². The fourth-order valence-electron chi connectivity index (χ4n) is 3.30. The Morgan fingerprint density at radius 2 is 1.92 bits per heavy atom. The standard InChI is InChI=1S/C18H21ClN4O2/c1-13-2-3-14(19)12-15(13)21-17-20-7-4-16(22-17)23-8-5-18(6-9-23)24-10-11-25-18/h2-4,7,12H,5-6,8-11H2,1H3,(H,20,21,22). The Labute approximate surface area is 152 Å². The van der Waals surface area contributed by atoms with Crippen LogP contribution in [0.15, 0.2) is 30.5 Å². The summed E-state index contributed by atoms with van der Waals surface area (Å²) in [6.07, 6.45) is 3.48. The van der Waals surface area contributed by atoms with Crippen LogP contribution in [0.1, 0.15) is 18.4 Å². The zero-order valence-electron chi connectivity index (χ0n) is 14.2. The van der Waals surface area contributed by atoms with Gasteiger partial charge in [-0.25, -0.2) is 4.98 Å². The van der Waals surface area contributed by atoms with Crippen molar-refractivity contribution in [3.63, 3.8) is 0 Å². The number of benzene rings is 1. The highest BCUT2D eigenvalue weighted by molar-refractivity contribution is 6.30. The Hall–Kier alpha value is -1.89. The summed E-state index contributed by atoms with van der Waals surface area (Å²) in [5.74, 6) is 1.10. The van der Waals surface area contributed by atoms with Crippen LogP contribution in [0.4, 0.5) is 17.5 Å². The van der Waals surface area contributed by atoms with Crippen molar-refractivity contribution in [1.29, 1.82) is 0 Å². The smallest absolute Gasteiger partial charge is 0.229 e. The first-order valence-electron chi connectivity index (χ1n) is 8.53. The maximum Gasteiger partial charge on any atom is 0.229 e. The number of ether oxygens (including phenoxy) is 2. The molecule has 0 bridgehead atoms. The normalized spacial score (nSPS) is 19.4. The lowest BCUT2D eigenvalue weighted by Gasteiger charge is -2.38. The maximum absolute atomic E-state index is 6.08. The second-order valence-electron chi connectivity index (χ2n) is 6.42. The zero-order chi connectivity index (χ0) is 17.3. The van der Waals surface area contributed by atoms with Crippen LogP contribution in [0.3, 0.4) is 0 Å². The Balaban J connectivity index is 1.47. The number of aryl methyl sites for hydroxylation is 1. The Morgan fingerprint density at radius 1 is 1.16 bits per heavy atom. The summed E-state index contributed by atoms with van der Waals surface area (Å²) < 4.78 is 11.6. The van der Waals surface area contributed by atoms with Gasteiger partial charge in [-0.1, -0.05) is 17.7 Å². The minimum Gasteiger partial charge on any atom is -0.356 e. The fraction of sp³-hybridized carbons (Fsp3) is 0.444. The highest BCUT2D eigenvalue weighted by Crippen LogP contribution is 2.33. The number of hydrogen-bond acceptors (Lipinski definition) is 6. The lowest BCUT2D eigenvalue weighted by atomic mass is 10.0. The molecule has 6 nitrogen and oxygen atoms in total. The van der Waals surface area contributed by atoms with Crippen LogP contribution in [0.25, 0.3) is 0 Å². The van der Waals surface area contributed by atoms with E-state index in [-0.39, 0.29) is 5.79 Å². The summed E-state index contributed by atoms with van der Waals surface area (Å²) in [6, 6.07) is 7.66. The number of nitrogens with zero attached hydrogens (tertiary/aromatic N) is 3. The van der Waals surface area contributed by atoms with Crippen LogP contribution in [0.2, 0.25) is 5.02 Å². The molecule has 2 aliphatic heterocycles. The van der Waals surface area contributed by atoms with Crippen LogP contribution < -0.4 is 10.2 Å². The van der Waals surface area contributed by atoms with E-state index in [1.165, 1.54) is 0 Å². The molecule has 0 amide bonds. The summed E-state index contributed by atoms with van der Waals surface area (Å²) in [5, 5.41) is 3.94. The van der Waals surface area contributed by atoms with Gasteiger partial charge >= 0.3 is 0 Å². The van der Waals surface area contributed by atoms with Crippen molar-refractivity contribution < 1.29 is 9.47 Å². The largest absolute Gasteiger partial charge is 0.356 e. The molecule has 25 heavy (non-hydrogen) atoms. The molecule has 4 rings (SSSR count). The van der Waals surface area contributed by atoms with Crippen molar-refractivity contribution in [2.45, 2.75) is 25.6 Å². The van der Waals surface area contributed by atoms with E-state index in [0.717, 1.165) is 43.0 Å². The summed E-state index contributed by atoms with van der Waals surface area (Å²) in [7, 11) is 0. The zero-order valence-corrected chi connectivity index (χ0v) is 14.9. The third kappa shape index (κ3) is 3.56. The predicted molar refractivity (Wildman–Crippen MR) is 97.6 cm³/mol. The summed E-state index contributed by atoms with van der Waals surface area (Å²) in [4.78, 5) is 11.2. The van der Waals surface area contributed by atoms with Gasteiger partial charge in [0, 0.05) is 42.8 Å². The second-order valence-corrected chi connectivity index (χ2v) is 6.85. The van der Waals surface area contributed by atoms with Crippen molar-refractivity contribution >= 4 is 29.1 Å². The van der Waals surface area contributed by atoms with E-state index in [0.29, 0.717) is 24.2 Å². The third-order valence-corrected chi connectivity index (χ3v) is 4.98. The fourth-order valence-corrected chi connectivity index (χ4v) is 3.47. The minimum absolute atomic E-state index is 0.373. The second kappa shape index (κ2) is 6.78. The molecule has 0 saturated carbocycles. The van der Waals surface area contributed by atoms with Gasteiger partial charge in [-0.3, -0.25) is 0 Å². The van der Waals surface area contributed by atoms with Gasteiger partial charge in [-0.2, -0.15) is 4.98 Å². The molecule has 2 fully saturated rings. The van der Waals surface area contributed by atoms with Crippen LogP contribution in [0.5, 0.6) is 0 Å². The van der Waals surface area contributed by atoms with Crippen molar-refractivity contribution in [2.75, 3.05) is 36.5 Å². The van der Waals surface area contributed by atoms with Gasteiger partial charge in [0.25, 0.3) is 0 Å². The average molecular weight is 361 g/mol. The lowest BCUT2D eigenvalue weighted by molar-refractivity contribution is -0.169. The maximum atomic E-state index is 6.08. The molecular weight excluding hydrogens is 340 g/mol. The molecule has 0 radical (unpaired) electrons. The van der Waals surface area contributed by atoms with Crippen LogP contribution >= 0.6 is 11.6 Å². The van der Waals surface area contributed by atoms with E-state index in [2.05, 4.69) is 20.2 Å². The summed E-state index contributed by atoms with van der Waals surface area (Å²) in [5.41, 5.74) is 2.00. The highest BCUT2D eigenvalue weighted by Gasteiger charge is 2.40. The molecule has 1 aromatic heterocycles. The van der Waals surface area contributed by atoms with Gasteiger partial charge in [0.05, 0.1) is 13.2 Å². The first kappa shape index (κ1) is 16.6. The minimum atomic E-state index is -0.373. The van der Waals surface area contributed by atoms with Gasteiger partial charge in [0.1, 0.15) is 5.82 Å². The number of rotatable bonds is 3. The number of hydrogen-bond donors (Lipinski definition) is 1. The molecule has 7 heteroatoms. The molecule has 1 spiro atoms. The van der Waals surface area contributed by atoms with Gasteiger partial charge in [-0.15, -0.1) is 0 Å². The average Bonchev–Trinajstić information content (AvgIpc) is 3.07. The molecule has 2 aromatic rings. The SMILES string of the molecule is Cc1ccc(Cl)cc1Nc1nccc(N2CCC3(CC2)OCCO3)n1. The molecular formula is C18H21ClN4O2. The van der Waals surface area contributed by atoms with E-state index in [1.807, 2.05) is 31.2 Å². The van der Waals surface area contributed by atoms with Crippen molar-refractivity contribution in [3.05, 3.63) is 41.0 Å². The van der Waals surface area contributed by atoms with E-state index in [9.17, 15) is 0 Å². The molecule has 0 aliphatic carbocycles. The van der Waals surface area contributed by atoms with Gasteiger partial charge in [0.15, 0.2) is 5.79 Å². The molecule has 0 atom stereocenters. The molecule has 2 aliphatic rings. The van der Waals surface area contributed by atoms with E-state index in [4.69, 9.17) is 21.1 Å². The summed E-state index contributed by atoms with van der Waals surface area (Å²) in [6.45, 7) is 5.12. The molecule has 2 saturated heterocycles. The molecule has 0 unspecified atom stereocenters. The van der Waals surface area contributed by atoms with Crippen LogP contribution in [0, 0.1) is 6.92 Å². The predicted octanol–water partition coefficient (Wildman–Crippen LogP) is 3.53. The number of piperidine rings is 1. The highest BCUT2D eigenvalue weighted by atomic mass is 35.5. The molecule has 132 valence electrons.